The molecule has 1 saturated heterocycles. The third-order valence-corrected chi connectivity index (χ3v) is 5.99. The lowest BCUT2D eigenvalue weighted by Gasteiger charge is -2.36. The van der Waals surface area contributed by atoms with Crippen molar-refractivity contribution in [2.24, 2.45) is 0 Å². The average Bonchev–Trinajstić information content (AvgIpc) is 3.27. The van der Waals surface area contributed by atoms with Crippen LogP contribution in [0, 0.1) is 0 Å². The third-order valence-electron chi connectivity index (χ3n) is 5.12. The van der Waals surface area contributed by atoms with E-state index in [9.17, 15) is 31.1 Å². The Hall–Kier alpha value is -4.28. The van der Waals surface area contributed by atoms with E-state index in [4.69, 9.17) is 30.3 Å². The Bertz CT molecular complexity index is 1320. The van der Waals surface area contributed by atoms with E-state index in [1.807, 2.05) is 41.3 Å². The summed E-state index contributed by atoms with van der Waals surface area (Å²) in [6, 6.07) is 13.6. The summed E-state index contributed by atoms with van der Waals surface area (Å²) >= 11 is 1.43. The van der Waals surface area contributed by atoms with Gasteiger partial charge in [-0.1, -0.05) is 17.4 Å². The topological polar surface area (TPSA) is 146 Å². The number of ether oxygens (including phenoxy) is 1. The van der Waals surface area contributed by atoms with Crippen molar-refractivity contribution in [2.75, 3.05) is 43.9 Å². The molecule has 1 fully saturated rings. The van der Waals surface area contributed by atoms with Crippen molar-refractivity contribution in [3.05, 3.63) is 48.0 Å². The number of aromatic nitrogens is 1. The van der Waals surface area contributed by atoms with E-state index >= 15 is 0 Å². The molecule has 0 spiro atoms. The lowest BCUT2D eigenvalue weighted by molar-refractivity contribution is -0.193. The zero-order valence-corrected chi connectivity index (χ0v) is 21.3. The van der Waals surface area contributed by atoms with Gasteiger partial charge < -0.3 is 30.5 Å². The van der Waals surface area contributed by atoms with Gasteiger partial charge in [-0.2, -0.15) is 26.3 Å². The quantitative estimate of drug-likeness (QED) is 0.380. The number of thiazole rings is 1. The molecular formula is C23H22F6N4O6S. The molecule has 1 aliphatic heterocycles. The van der Waals surface area contributed by atoms with Crippen molar-refractivity contribution in [1.29, 1.82) is 0 Å². The van der Waals surface area contributed by atoms with Gasteiger partial charge in [-0.15, -0.1) is 0 Å². The summed E-state index contributed by atoms with van der Waals surface area (Å²) in [5, 5.41) is 14.8. The molecule has 0 bridgehead atoms. The van der Waals surface area contributed by atoms with E-state index < -0.39 is 24.3 Å². The van der Waals surface area contributed by atoms with Gasteiger partial charge in [0.1, 0.15) is 5.75 Å². The van der Waals surface area contributed by atoms with Gasteiger partial charge in [-0.3, -0.25) is 4.79 Å². The first-order valence-electron chi connectivity index (χ1n) is 11.0. The monoisotopic (exact) mass is 596 g/mol. The van der Waals surface area contributed by atoms with Crippen molar-refractivity contribution in [3.63, 3.8) is 0 Å². The summed E-state index contributed by atoms with van der Waals surface area (Å²) in [6.07, 6.45) is -10.2. The summed E-state index contributed by atoms with van der Waals surface area (Å²) in [5.74, 6) is -4.62. The molecule has 2 heterocycles. The number of nitrogen functional groups attached to an aromatic ring is 1. The summed E-state index contributed by atoms with van der Waals surface area (Å²) < 4.78 is 69.8. The Morgan fingerprint density at radius 2 is 1.48 bits per heavy atom. The van der Waals surface area contributed by atoms with Crippen molar-refractivity contribution in [1.82, 2.24) is 9.88 Å². The molecule has 2 aromatic carbocycles. The number of carbonyl (C=O) groups is 3. The molecule has 0 atom stereocenters. The van der Waals surface area contributed by atoms with Crippen LogP contribution in [0.25, 0.3) is 10.2 Å². The Morgan fingerprint density at radius 3 is 1.98 bits per heavy atom. The maximum atomic E-state index is 12.8. The van der Waals surface area contributed by atoms with Crippen LogP contribution in [-0.4, -0.2) is 83.6 Å². The van der Waals surface area contributed by atoms with Crippen molar-refractivity contribution in [3.8, 4) is 5.75 Å². The molecule has 1 aromatic heterocycles. The number of nitrogens with zero attached hydrogens (tertiary/aromatic N) is 3. The van der Waals surface area contributed by atoms with E-state index in [0.29, 0.717) is 23.8 Å². The van der Waals surface area contributed by atoms with Gasteiger partial charge in [-0.05, 0) is 30.3 Å². The largest absolute Gasteiger partial charge is 0.497 e. The second-order valence-electron chi connectivity index (χ2n) is 7.82. The smallest absolute Gasteiger partial charge is 0.490 e. The number of benzene rings is 2. The molecule has 40 heavy (non-hydrogen) atoms. The molecule has 0 unspecified atom stereocenters. The number of piperazine rings is 1. The first-order valence-corrected chi connectivity index (χ1v) is 11.8. The maximum absolute atomic E-state index is 12.8. The Morgan fingerprint density at radius 1 is 0.925 bits per heavy atom. The molecule has 1 aliphatic rings. The van der Waals surface area contributed by atoms with Gasteiger partial charge >= 0.3 is 24.3 Å². The number of anilines is 2. The van der Waals surface area contributed by atoms with Gasteiger partial charge in [0.25, 0.3) is 5.91 Å². The number of aliphatic carboxylic acids is 2. The van der Waals surface area contributed by atoms with Crippen LogP contribution in [0.5, 0.6) is 5.75 Å². The van der Waals surface area contributed by atoms with Crippen molar-refractivity contribution in [2.45, 2.75) is 12.4 Å². The Balaban J connectivity index is 0.000000333. The van der Waals surface area contributed by atoms with Gasteiger partial charge in [0, 0.05) is 43.5 Å². The molecule has 17 heteroatoms. The van der Waals surface area contributed by atoms with E-state index in [1.54, 1.807) is 7.11 Å². The average molecular weight is 597 g/mol. The number of nitrogens with two attached hydrogens (primary N) is 1. The van der Waals surface area contributed by atoms with Crippen LogP contribution >= 0.6 is 11.3 Å². The summed E-state index contributed by atoms with van der Waals surface area (Å²) in [7, 11) is 1.67. The summed E-state index contributed by atoms with van der Waals surface area (Å²) in [5.41, 5.74) is 8.32. The number of carboxylic acids is 2. The fraction of sp³-hybridized carbons (Fsp3) is 0.304. The SMILES string of the molecule is COc1cccc(N2CCN(C(=O)c3ccc4sc(N)nc4c3)CC2)c1.O=C(O)C(F)(F)F.O=C(O)C(F)(F)F. The van der Waals surface area contributed by atoms with Crippen molar-refractivity contribution < 1.29 is 55.7 Å². The van der Waals surface area contributed by atoms with E-state index in [2.05, 4.69) is 16.0 Å². The molecule has 4 rings (SSSR count). The van der Waals surface area contributed by atoms with E-state index in [0.717, 1.165) is 34.7 Å². The molecule has 10 nitrogen and oxygen atoms in total. The number of methoxy groups -OCH3 is 1. The predicted molar refractivity (Wildman–Crippen MR) is 133 cm³/mol. The van der Waals surface area contributed by atoms with Gasteiger partial charge in [0.15, 0.2) is 5.13 Å². The zero-order chi connectivity index (χ0) is 30.3. The second kappa shape index (κ2) is 13.2. The van der Waals surface area contributed by atoms with Gasteiger partial charge in [0.2, 0.25) is 0 Å². The second-order valence-corrected chi connectivity index (χ2v) is 8.88. The van der Waals surface area contributed by atoms with Crippen LogP contribution in [0.3, 0.4) is 0 Å². The van der Waals surface area contributed by atoms with Gasteiger partial charge in [-0.25, -0.2) is 14.6 Å². The highest BCUT2D eigenvalue weighted by atomic mass is 32.1. The minimum atomic E-state index is -5.08. The lowest BCUT2D eigenvalue weighted by atomic mass is 10.1. The third kappa shape index (κ3) is 9.18. The normalized spacial score (nSPS) is 13.5. The number of rotatable bonds is 3. The molecule has 4 N–H and O–H groups in total. The Kier molecular flexibility index (Phi) is 10.5. The highest BCUT2D eigenvalue weighted by molar-refractivity contribution is 7.22. The minimum absolute atomic E-state index is 0.0452. The molecular weight excluding hydrogens is 574 g/mol. The molecule has 0 radical (unpaired) electrons. The van der Waals surface area contributed by atoms with Crippen LogP contribution < -0.4 is 15.4 Å². The Labute approximate surface area is 226 Å². The number of fused-ring (bicyclic) bond motifs is 1. The van der Waals surface area contributed by atoms with Crippen LogP contribution in [-0.2, 0) is 9.59 Å². The standard InChI is InChI=1S/C19H20N4O2S.2C2HF3O2/c1-25-15-4-2-3-14(12-15)22-7-9-23(10-8-22)18(24)13-5-6-17-16(11-13)21-19(20)26-17;2*3-2(4,5)1(6)7/h2-6,11-12H,7-10H2,1H3,(H2,20,21);2*(H,6,7). The van der Waals surface area contributed by atoms with E-state index in [-0.39, 0.29) is 5.91 Å². The highest BCUT2D eigenvalue weighted by Crippen LogP contribution is 2.26. The molecule has 0 aliphatic carbocycles. The van der Waals surface area contributed by atoms with Gasteiger partial charge in [0.05, 0.1) is 17.3 Å². The number of hydrogen-bond acceptors (Lipinski definition) is 8. The number of carboxylic acid groups (broad SMARTS) is 2. The molecule has 0 saturated carbocycles. The van der Waals surface area contributed by atoms with Crippen LogP contribution in [0.1, 0.15) is 10.4 Å². The first-order chi connectivity index (χ1) is 18.5. The molecule has 1 amide bonds. The van der Waals surface area contributed by atoms with Crippen molar-refractivity contribution >= 4 is 50.2 Å². The van der Waals surface area contributed by atoms with E-state index in [1.165, 1.54) is 11.3 Å². The number of amides is 1. The molecule has 3 aromatic rings. The minimum Gasteiger partial charge on any atom is -0.497 e. The van der Waals surface area contributed by atoms with Crippen LogP contribution in [0.15, 0.2) is 42.5 Å². The number of carbonyl (C=O) groups excluding carboxylic acids is 1. The molecule has 218 valence electrons. The van der Waals surface area contributed by atoms with Crippen LogP contribution in [0.2, 0.25) is 0 Å². The lowest BCUT2D eigenvalue weighted by Crippen LogP contribution is -2.48. The summed E-state index contributed by atoms with van der Waals surface area (Å²) in [6.45, 7) is 2.97. The summed E-state index contributed by atoms with van der Waals surface area (Å²) in [4.78, 5) is 39.1. The highest BCUT2D eigenvalue weighted by Gasteiger charge is 2.38. The van der Waals surface area contributed by atoms with Crippen LogP contribution in [0.4, 0.5) is 37.2 Å². The zero-order valence-electron chi connectivity index (χ0n) is 20.5. The fourth-order valence-electron chi connectivity index (χ4n) is 3.24. The number of halogens is 6. The fourth-order valence-corrected chi connectivity index (χ4v) is 3.95. The predicted octanol–water partition coefficient (Wildman–Crippen LogP) is 4.12. The first kappa shape index (κ1) is 31.9. The maximum Gasteiger partial charge on any atom is 0.490 e. The number of hydrogen-bond donors (Lipinski definition) is 3. The number of alkyl halides is 6.